The minimum atomic E-state index is -0.616. The summed E-state index contributed by atoms with van der Waals surface area (Å²) in [5.74, 6) is 0.732. The predicted molar refractivity (Wildman–Crippen MR) is 153 cm³/mol. The zero-order chi connectivity index (χ0) is 27.1. The molecule has 0 aliphatic carbocycles. The third-order valence-corrected chi connectivity index (χ3v) is 7.60. The van der Waals surface area contributed by atoms with Crippen LogP contribution in [0.3, 0.4) is 0 Å². The molecular weight excluding hydrogens is 527 g/mol. The van der Waals surface area contributed by atoms with Gasteiger partial charge in [0.1, 0.15) is 0 Å². The number of nitriles is 1. The maximum Gasteiger partial charge on any atom is 1.00 e. The van der Waals surface area contributed by atoms with E-state index in [1.165, 1.54) is 0 Å². The number of ether oxygens (including phenoxy) is 1. The van der Waals surface area contributed by atoms with Crippen molar-refractivity contribution in [3.05, 3.63) is 88.4 Å². The van der Waals surface area contributed by atoms with Gasteiger partial charge in [-0.15, -0.1) is 0 Å². The van der Waals surface area contributed by atoms with Gasteiger partial charge in [-0.2, -0.15) is 5.26 Å². The van der Waals surface area contributed by atoms with E-state index in [0.29, 0.717) is 0 Å². The van der Waals surface area contributed by atoms with E-state index in [2.05, 4.69) is 22.1 Å². The summed E-state index contributed by atoms with van der Waals surface area (Å²) in [6.45, 7) is 5.26. The van der Waals surface area contributed by atoms with Crippen molar-refractivity contribution in [3.63, 3.8) is 0 Å². The van der Waals surface area contributed by atoms with E-state index in [0.717, 1.165) is 76.2 Å². The van der Waals surface area contributed by atoms with E-state index in [4.69, 9.17) is 10.1 Å². The number of benzene rings is 2. The number of hydrogen-bond acceptors (Lipinski definition) is 5. The maximum atomic E-state index is 13.4. The van der Waals surface area contributed by atoms with E-state index < -0.39 is 5.41 Å². The zero-order valence-electron chi connectivity index (χ0n) is 23.3. The number of pyridine rings is 2. The Morgan fingerprint density at radius 1 is 1.00 bits per heavy atom. The first-order chi connectivity index (χ1) is 18.9. The van der Waals surface area contributed by atoms with Crippen molar-refractivity contribution in [2.24, 2.45) is 7.05 Å². The Balaban J connectivity index is 0.00000323. The van der Waals surface area contributed by atoms with Crippen molar-refractivity contribution in [1.82, 2.24) is 19.1 Å². The Labute approximate surface area is 275 Å². The van der Waals surface area contributed by atoms with Gasteiger partial charge < -0.3 is 15.0 Å². The minimum absolute atomic E-state index is 0. The topological polar surface area (TPSA) is 99.8 Å². The molecule has 9 heteroatoms. The fourth-order valence-corrected chi connectivity index (χ4v) is 5.14. The minimum Gasteiger partial charge on any atom is -0.462 e. The molecule has 4 heterocycles. The van der Waals surface area contributed by atoms with Gasteiger partial charge in [-0.25, -0.2) is 4.79 Å². The molecule has 40 heavy (non-hydrogen) atoms. The molecule has 3 aromatic heterocycles. The molecular formula is C31H29KN6O2. The van der Waals surface area contributed by atoms with Gasteiger partial charge in [0.15, 0.2) is 0 Å². The standard InChI is InChI=1S/C31H29N6O2.K/c1-31(2,19-32)22-6-8-24(9-7-22)37-29-25-16-20(4-10-26(25)33-18-27(29)36(3)30(37)38)21-5-11-28(34-17-21)35-23-12-14-39-15-13-23;/h4-11,16-18,23H,12-15H2,1-3H3;/q-1;+1. The molecule has 1 saturated heterocycles. The monoisotopic (exact) mass is 556 g/mol. The molecule has 8 nitrogen and oxygen atoms in total. The molecule has 196 valence electrons. The number of hydrogen-bond donors (Lipinski definition) is 0. The van der Waals surface area contributed by atoms with E-state index >= 15 is 0 Å². The number of imidazole rings is 1. The van der Waals surface area contributed by atoms with Crippen molar-refractivity contribution in [2.75, 3.05) is 13.2 Å². The van der Waals surface area contributed by atoms with Crippen molar-refractivity contribution < 1.29 is 56.1 Å². The second-order valence-corrected chi connectivity index (χ2v) is 10.6. The van der Waals surface area contributed by atoms with E-state index in [-0.39, 0.29) is 63.1 Å². The van der Waals surface area contributed by atoms with Gasteiger partial charge in [0, 0.05) is 25.6 Å². The van der Waals surface area contributed by atoms with Crippen LogP contribution < -0.4 is 57.1 Å². The Kier molecular flexibility index (Phi) is 8.29. The molecule has 0 atom stereocenters. The molecule has 1 aliphatic heterocycles. The fraction of sp³-hybridized carbons (Fsp3) is 0.290. The van der Waals surface area contributed by atoms with Gasteiger partial charge in [-0.3, -0.25) is 14.1 Å². The summed E-state index contributed by atoms with van der Waals surface area (Å²) in [4.78, 5) is 22.7. The van der Waals surface area contributed by atoms with Crippen LogP contribution in [0, 0.1) is 11.3 Å². The van der Waals surface area contributed by atoms with E-state index in [9.17, 15) is 10.1 Å². The van der Waals surface area contributed by atoms with Crippen LogP contribution in [0.1, 0.15) is 32.3 Å². The zero-order valence-corrected chi connectivity index (χ0v) is 26.4. The summed E-state index contributed by atoms with van der Waals surface area (Å²) in [6, 6.07) is 20.3. The number of nitrogens with zero attached hydrogens (tertiary/aromatic N) is 6. The average Bonchev–Trinajstić information content (AvgIpc) is 3.23. The van der Waals surface area contributed by atoms with Crippen LogP contribution in [-0.4, -0.2) is 38.4 Å². The molecule has 6 rings (SSSR count). The Hall–Kier alpha value is -2.84. The van der Waals surface area contributed by atoms with Crippen LogP contribution in [0.5, 0.6) is 0 Å². The van der Waals surface area contributed by atoms with E-state index in [1.807, 2.05) is 68.6 Å². The molecule has 0 saturated carbocycles. The predicted octanol–water partition coefficient (Wildman–Crippen LogP) is 2.93. The van der Waals surface area contributed by atoms with Crippen molar-refractivity contribution in [1.29, 1.82) is 5.26 Å². The van der Waals surface area contributed by atoms with Crippen molar-refractivity contribution >= 4 is 27.8 Å². The summed E-state index contributed by atoms with van der Waals surface area (Å²) in [5, 5.41) is 15.2. The van der Waals surface area contributed by atoms with Crippen molar-refractivity contribution in [3.8, 4) is 22.9 Å². The van der Waals surface area contributed by atoms with Crippen molar-refractivity contribution in [2.45, 2.75) is 38.1 Å². The van der Waals surface area contributed by atoms with E-state index in [1.54, 1.807) is 22.4 Å². The van der Waals surface area contributed by atoms with Gasteiger partial charge in [-0.1, -0.05) is 42.3 Å². The SMILES string of the molecule is Cn1c(=O)n(-c2ccc(C(C)(C)C#N)cc2)c2c3cc(-c4ccc([N-]C5CCOCC5)nc4)ccc3ncc21.[K+]. The number of aryl methyl sites for hydroxylation is 1. The van der Waals surface area contributed by atoms with Gasteiger partial charge >= 0.3 is 57.1 Å². The van der Waals surface area contributed by atoms with Crippen LogP contribution >= 0.6 is 0 Å². The third-order valence-electron chi connectivity index (χ3n) is 7.60. The second-order valence-electron chi connectivity index (χ2n) is 10.6. The first-order valence-corrected chi connectivity index (χ1v) is 13.1. The average molecular weight is 557 g/mol. The quantitative estimate of drug-likeness (QED) is 0.310. The third kappa shape index (κ3) is 5.28. The maximum absolute atomic E-state index is 13.4. The summed E-state index contributed by atoms with van der Waals surface area (Å²) in [7, 11) is 1.76. The molecule has 0 amide bonds. The van der Waals surface area contributed by atoms with Crippen LogP contribution in [0.15, 0.2) is 71.8 Å². The van der Waals surface area contributed by atoms with Gasteiger partial charge in [0.05, 0.1) is 39.9 Å². The second kappa shape index (κ2) is 11.6. The summed E-state index contributed by atoms with van der Waals surface area (Å²) < 4.78 is 8.77. The Bertz CT molecular complexity index is 1780. The molecule has 1 aliphatic rings. The molecule has 0 spiro atoms. The van der Waals surface area contributed by atoms with Crippen LogP contribution in [0.4, 0.5) is 5.82 Å². The fourth-order valence-electron chi connectivity index (χ4n) is 5.14. The Morgan fingerprint density at radius 3 is 2.40 bits per heavy atom. The normalized spacial score (nSPS) is 14.2. The first kappa shape index (κ1) is 28.7. The summed E-state index contributed by atoms with van der Waals surface area (Å²) in [6.07, 6.45) is 5.45. The molecule has 5 aromatic rings. The number of fused-ring (bicyclic) bond motifs is 3. The first-order valence-electron chi connectivity index (χ1n) is 13.1. The summed E-state index contributed by atoms with van der Waals surface area (Å²) in [5.41, 5.74) is 5.15. The molecule has 1 fully saturated rings. The molecule has 2 aromatic carbocycles. The van der Waals surface area contributed by atoms with Gasteiger partial charge in [0.25, 0.3) is 0 Å². The largest absolute Gasteiger partial charge is 1.00 e. The molecule has 0 unspecified atom stereocenters. The number of aromatic nitrogens is 4. The summed E-state index contributed by atoms with van der Waals surface area (Å²) >= 11 is 0. The van der Waals surface area contributed by atoms with Crippen LogP contribution in [-0.2, 0) is 17.2 Å². The molecule has 0 radical (unpaired) electrons. The van der Waals surface area contributed by atoms with Gasteiger partial charge in [0.2, 0.25) is 0 Å². The number of rotatable bonds is 5. The smallest absolute Gasteiger partial charge is 0.462 e. The van der Waals surface area contributed by atoms with Crippen LogP contribution in [0.2, 0.25) is 0 Å². The molecule has 0 N–H and O–H groups in total. The van der Waals surface area contributed by atoms with Crippen LogP contribution in [0.25, 0.3) is 44.1 Å². The Morgan fingerprint density at radius 2 is 1.73 bits per heavy atom. The van der Waals surface area contributed by atoms with Gasteiger partial charge in [-0.05, 0) is 73.7 Å². The molecule has 0 bridgehead atoms.